The molecule has 0 aliphatic carbocycles. The smallest absolute Gasteiger partial charge is 0.264 e. The summed E-state index contributed by atoms with van der Waals surface area (Å²) in [6.45, 7) is -0.380. The van der Waals surface area contributed by atoms with Crippen molar-refractivity contribution in [3.05, 3.63) is 24.3 Å². The fraction of sp³-hybridized carbons (Fsp3) is 0.222. The van der Waals surface area contributed by atoms with E-state index >= 15 is 0 Å². The predicted octanol–water partition coefficient (Wildman–Crippen LogP) is -0.119. The van der Waals surface area contributed by atoms with Crippen molar-refractivity contribution >= 4 is 28.3 Å². The standard InChI is InChI=1S/C9H12N2O4S.ClH/c1-15-7-2-4-8(5-3-7)16(13,14)11-9(12)6-10;/h2-5H,6,10H2,1H3,(H,11,12);1H. The normalized spacial score (nSPS) is 10.2. The second kappa shape index (κ2) is 6.43. The largest absolute Gasteiger partial charge is 0.497 e. The van der Waals surface area contributed by atoms with Crippen LogP contribution in [0.2, 0.25) is 0 Å². The van der Waals surface area contributed by atoms with Crippen molar-refractivity contribution in [1.82, 2.24) is 4.72 Å². The number of halogens is 1. The van der Waals surface area contributed by atoms with Crippen LogP contribution in [0.15, 0.2) is 29.2 Å². The molecule has 0 saturated carbocycles. The third kappa shape index (κ3) is 4.22. The van der Waals surface area contributed by atoms with Gasteiger partial charge >= 0.3 is 0 Å². The van der Waals surface area contributed by atoms with Gasteiger partial charge in [-0.05, 0) is 24.3 Å². The SMILES string of the molecule is COc1ccc(S(=O)(=O)NC(=O)CN)cc1.Cl. The van der Waals surface area contributed by atoms with Crippen LogP contribution in [-0.2, 0) is 14.8 Å². The predicted molar refractivity (Wildman–Crippen MR) is 64.6 cm³/mol. The molecule has 0 fully saturated rings. The monoisotopic (exact) mass is 280 g/mol. The third-order valence-electron chi connectivity index (χ3n) is 1.80. The van der Waals surface area contributed by atoms with Crippen LogP contribution < -0.4 is 15.2 Å². The van der Waals surface area contributed by atoms with Crippen molar-refractivity contribution in [2.45, 2.75) is 4.90 Å². The van der Waals surface area contributed by atoms with Crippen molar-refractivity contribution in [2.75, 3.05) is 13.7 Å². The molecular weight excluding hydrogens is 268 g/mol. The van der Waals surface area contributed by atoms with Crippen LogP contribution in [0, 0.1) is 0 Å². The lowest BCUT2D eigenvalue weighted by molar-refractivity contribution is -0.118. The lowest BCUT2D eigenvalue weighted by atomic mass is 10.3. The Kier molecular flexibility index (Phi) is 5.94. The molecule has 0 aliphatic rings. The molecule has 1 rings (SSSR count). The molecule has 6 nitrogen and oxygen atoms in total. The Morgan fingerprint density at radius 3 is 2.29 bits per heavy atom. The zero-order valence-electron chi connectivity index (χ0n) is 9.04. The number of methoxy groups -OCH3 is 1. The zero-order valence-corrected chi connectivity index (χ0v) is 10.7. The van der Waals surface area contributed by atoms with E-state index in [4.69, 9.17) is 10.5 Å². The van der Waals surface area contributed by atoms with E-state index in [-0.39, 0.29) is 23.8 Å². The molecule has 1 aromatic rings. The van der Waals surface area contributed by atoms with Gasteiger partial charge in [0.15, 0.2) is 0 Å². The summed E-state index contributed by atoms with van der Waals surface area (Å²) in [4.78, 5) is 10.9. The van der Waals surface area contributed by atoms with E-state index < -0.39 is 15.9 Å². The summed E-state index contributed by atoms with van der Waals surface area (Å²) in [5, 5.41) is 0. The number of rotatable bonds is 4. The highest BCUT2D eigenvalue weighted by Crippen LogP contribution is 2.14. The second-order valence-corrected chi connectivity index (χ2v) is 4.59. The number of carbonyl (C=O) groups excluding carboxylic acids is 1. The molecule has 0 heterocycles. The van der Waals surface area contributed by atoms with E-state index in [1.807, 2.05) is 4.72 Å². The summed E-state index contributed by atoms with van der Waals surface area (Å²) < 4.78 is 29.9. The van der Waals surface area contributed by atoms with E-state index in [1.165, 1.54) is 31.4 Å². The van der Waals surface area contributed by atoms with Gasteiger partial charge in [-0.1, -0.05) is 0 Å². The molecule has 0 spiro atoms. The Morgan fingerprint density at radius 1 is 1.35 bits per heavy atom. The number of benzene rings is 1. The summed E-state index contributed by atoms with van der Waals surface area (Å²) in [6.07, 6.45) is 0. The quantitative estimate of drug-likeness (QED) is 0.801. The van der Waals surface area contributed by atoms with Crippen LogP contribution in [-0.4, -0.2) is 28.0 Å². The molecule has 96 valence electrons. The third-order valence-corrected chi connectivity index (χ3v) is 3.19. The number of nitrogens with two attached hydrogens (primary N) is 1. The fourth-order valence-electron chi connectivity index (χ4n) is 1.01. The van der Waals surface area contributed by atoms with Gasteiger partial charge in [-0.2, -0.15) is 0 Å². The molecule has 0 aromatic heterocycles. The van der Waals surface area contributed by atoms with Crippen molar-refractivity contribution < 1.29 is 17.9 Å². The number of hydrogen-bond donors (Lipinski definition) is 2. The van der Waals surface area contributed by atoms with Gasteiger partial charge in [0, 0.05) is 0 Å². The van der Waals surface area contributed by atoms with Gasteiger partial charge in [-0.15, -0.1) is 12.4 Å². The maximum absolute atomic E-state index is 11.6. The van der Waals surface area contributed by atoms with Crippen LogP contribution in [0.3, 0.4) is 0 Å². The Hall–Kier alpha value is -1.31. The molecule has 1 amide bonds. The first-order valence-electron chi connectivity index (χ1n) is 4.39. The van der Waals surface area contributed by atoms with E-state index in [2.05, 4.69) is 0 Å². The van der Waals surface area contributed by atoms with Gasteiger partial charge < -0.3 is 10.5 Å². The molecule has 8 heteroatoms. The van der Waals surface area contributed by atoms with Crippen molar-refractivity contribution in [3.63, 3.8) is 0 Å². The first-order valence-corrected chi connectivity index (χ1v) is 5.87. The average Bonchev–Trinajstić information content (AvgIpc) is 2.28. The molecule has 1 aromatic carbocycles. The second-order valence-electron chi connectivity index (χ2n) is 2.91. The molecule has 0 atom stereocenters. The average molecular weight is 281 g/mol. The van der Waals surface area contributed by atoms with Crippen LogP contribution in [0.1, 0.15) is 0 Å². The van der Waals surface area contributed by atoms with Gasteiger partial charge in [0.25, 0.3) is 10.0 Å². The molecule has 0 bridgehead atoms. The zero-order chi connectivity index (χ0) is 12.2. The summed E-state index contributed by atoms with van der Waals surface area (Å²) in [6, 6.07) is 5.65. The van der Waals surface area contributed by atoms with Gasteiger partial charge in [-0.3, -0.25) is 4.79 Å². The summed E-state index contributed by atoms with van der Waals surface area (Å²) in [5.41, 5.74) is 5.01. The highest BCUT2D eigenvalue weighted by molar-refractivity contribution is 7.90. The van der Waals surface area contributed by atoms with Gasteiger partial charge in [0.1, 0.15) is 5.75 Å². The van der Waals surface area contributed by atoms with Crippen LogP contribution in [0.5, 0.6) is 5.75 Å². The summed E-state index contributed by atoms with van der Waals surface area (Å²) in [7, 11) is -2.36. The highest BCUT2D eigenvalue weighted by atomic mass is 35.5. The van der Waals surface area contributed by atoms with Gasteiger partial charge in [0.05, 0.1) is 18.6 Å². The topological polar surface area (TPSA) is 98.5 Å². The number of hydrogen-bond acceptors (Lipinski definition) is 5. The molecule has 0 aliphatic heterocycles. The first-order chi connectivity index (χ1) is 7.49. The first kappa shape index (κ1) is 15.7. The maximum Gasteiger partial charge on any atom is 0.264 e. The van der Waals surface area contributed by atoms with E-state index in [1.54, 1.807) is 0 Å². The molecular formula is C9H13ClN2O4S. The minimum Gasteiger partial charge on any atom is -0.497 e. The highest BCUT2D eigenvalue weighted by Gasteiger charge is 2.16. The van der Waals surface area contributed by atoms with Gasteiger partial charge in [-0.25, -0.2) is 13.1 Å². The Labute approximate surface area is 106 Å². The fourth-order valence-corrected chi connectivity index (χ4v) is 2.00. The van der Waals surface area contributed by atoms with E-state index in [0.29, 0.717) is 5.75 Å². The minimum absolute atomic E-state index is 0. The van der Waals surface area contributed by atoms with Crippen molar-refractivity contribution in [1.29, 1.82) is 0 Å². The van der Waals surface area contributed by atoms with Crippen molar-refractivity contribution in [3.8, 4) is 5.75 Å². The number of nitrogens with one attached hydrogen (secondary N) is 1. The molecule has 17 heavy (non-hydrogen) atoms. The lowest BCUT2D eigenvalue weighted by Crippen LogP contribution is -2.35. The van der Waals surface area contributed by atoms with Crippen LogP contribution in [0.25, 0.3) is 0 Å². The number of carbonyl (C=O) groups is 1. The van der Waals surface area contributed by atoms with E-state index in [0.717, 1.165) is 0 Å². The summed E-state index contributed by atoms with van der Waals surface area (Å²) >= 11 is 0. The Morgan fingerprint density at radius 2 is 1.88 bits per heavy atom. The Bertz CT molecular complexity index is 472. The van der Waals surface area contributed by atoms with Crippen LogP contribution >= 0.6 is 12.4 Å². The molecule has 3 N–H and O–H groups in total. The van der Waals surface area contributed by atoms with Gasteiger partial charge in [0.2, 0.25) is 5.91 Å². The number of ether oxygens (including phenoxy) is 1. The minimum atomic E-state index is -3.83. The lowest BCUT2D eigenvalue weighted by Gasteiger charge is -2.06. The number of sulfonamides is 1. The number of amides is 1. The van der Waals surface area contributed by atoms with Crippen molar-refractivity contribution in [2.24, 2.45) is 5.73 Å². The molecule has 0 radical (unpaired) electrons. The molecule has 0 unspecified atom stereocenters. The van der Waals surface area contributed by atoms with Crippen LogP contribution in [0.4, 0.5) is 0 Å². The Balaban J connectivity index is 0.00000256. The summed E-state index contributed by atoms with van der Waals surface area (Å²) in [5.74, 6) is -0.222. The van der Waals surface area contributed by atoms with E-state index in [9.17, 15) is 13.2 Å². The maximum atomic E-state index is 11.6. The molecule has 0 saturated heterocycles.